The number of rotatable bonds is 8. The summed E-state index contributed by atoms with van der Waals surface area (Å²) in [7, 11) is 0. The van der Waals surface area contributed by atoms with E-state index in [0.29, 0.717) is 0 Å². The quantitative estimate of drug-likeness (QED) is 0.597. The molecule has 0 spiro atoms. The molecule has 1 N–H and O–H groups in total. The van der Waals surface area contributed by atoms with Crippen molar-refractivity contribution in [1.82, 2.24) is 6.15 Å². The zero-order chi connectivity index (χ0) is 19.8. The largest absolute Gasteiger partial charge is 0.460 e. The van der Waals surface area contributed by atoms with Crippen LogP contribution in [0.5, 0.6) is 0 Å². The predicted molar refractivity (Wildman–Crippen MR) is 53.9 cm³/mol. The molecule has 0 aliphatic rings. The van der Waals surface area contributed by atoms with Crippen LogP contribution in [0.25, 0.3) is 0 Å². The molecule has 15 heteroatoms. The molecule has 0 amide bonds. The van der Waals surface area contributed by atoms with Gasteiger partial charge >= 0.3 is 35.8 Å². The molecule has 0 aliphatic carbocycles. The summed E-state index contributed by atoms with van der Waals surface area (Å²) >= 11 is 0. The first-order valence-corrected chi connectivity index (χ1v) is 5.83. The van der Waals surface area contributed by atoms with Gasteiger partial charge in [0.15, 0.2) is 0 Å². The Morgan fingerprint density at radius 1 is 0.480 bits per heavy atom. The third kappa shape index (κ3) is 4.80. The fourth-order valence-electron chi connectivity index (χ4n) is 1.38. The number of hydrogen-bond donors (Lipinski definition) is 1. The van der Waals surface area contributed by atoms with Crippen LogP contribution >= 0.6 is 0 Å². The second-order valence-electron chi connectivity index (χ2n) is 4.73. The van der Waals surface area contributed by atoms with Crippen LogP contribution in [0.15, 0.2) is 0 Å². The molecule has 0 saturated carbocycles. The van der Waals surface area contributed by atoms with Gasteiger partial charge in [-0.15, -0.1) is 0 Å². The highest BCUT2D eigenvalue weighted by atomic mass is 19.4. The minimum atomic E-state index is -7.29. The van der Waals surface area contributed by atoms with Crippen molar-refractivity contribution >= 4 is 0 Å². The van der Waals surface area contributed by atoms with Crippen molar-refractivity contribution in [3.8, 4) is 0 Å². The van der Waals surface area contributed by atoms with E-state index in [0.717, 1.165) is 0 Å². The molecule has 0 unspecified atom stereocenters. The van der Waals surface area contributed by atoms with Crippen LogP contribution in [-0.2, 0) is 0 Å². The Balaban J connectivity index is 0. The number of aliphatic hydroxyl groups excluding tert-OH is 1. The van der Waals surface area contributed by atoms with E-state index >= 15 is 0 Å². The molecule has 151 valence electrons. The SMILES string of the molecule is OCCC(F)(F)C(F)(F)CCC(F)(F)C(F)(F)C(F)(F)C(F)(F)F.[N]. The van der Waals surface area contributed by atoms with Gasteiger partial charge in [0.1, 0.15) is 0 Å². The lowest BCUT2D eigenvalue weighted by molar-refractivity contribution is -0.398. The average molecular weight is 406 g/mol. The minimum Gasteiger partial charge on any atom is -0.396 e. The first-order chi connectivity index (χ1) is 10.3. The van der Waals surface area contributed by atoms with Crippen molar-refractivity contribution in [2.24, 2.45) is 0 Å². The molecule has 3 radical (unpaired) electrons. The summed E-state index contributed by atoms with van der Waals surface area (Å²) in [5, 5.41) is 8.11. The molecule has 2 nitrogen and oxygen atoms in total. The Morgan fingerprint density at radius 2 is 0.800 bits per heavy atom. The minimum absolute atomic E-state index is 0. The smallest absolute Gasteiger partial charge is 0.396 e. The fraction of sp³-hybridized carbons (Fsp3) is 1.00. The van der Waals surface area contributed by atoms with Gasteiger partial charge in [-0.3, -0.25) is 0 Å². The van der Waals surface area contributed by atoms with Crippen LogP contribution in [0, 0.1) is 0 Å². The highest BCUT2D eigenvalue weighted by Crippen LogP contribution is 2.55. The molecule has 0 bridgehead atoms. The Morgan fingerprint density at radius 3 is 1.12 bits per heavy atom. The van der Waals surface area contributed by atoms with Gasteiger partial charge < -0.3 is 5.11 Å². The summed E-state index contributed by atoms with van der Waals surface area (Å²) in [6.07, 6.45) is -15.0. The van der Waals surface area contributed by atoms with Crippen molar-refractivity contribution in [2.45, 2.75) is 55.1 Å². The molecular weight excluding hydrogens is 397 g/mol. The van der Waals surface area contributed by atoms with Crippen molar-refractivity contribution in [3.05, 3.63) is 0 Å². The van der Waals surface area contributed by atoms with Crippen LogP contribution in [0.2, 0.25) is 0 Å². The molecule has 0 rings (SSSR count). The lowest BCUT2D eigenvalue weighted by Crippen LogP contribution is -2.61. The summed E-state index contributed by atoms with van der Waals surface area (Å²) in [5.41, 5.74) is 0. The van der Waals surface area contributed by atoms with Crippen molar-refractivity contribution in [3.63, 3.8) is 0 Å². The number of halogens is 13. The second-order valence-corrected chi connectivity index (χ2v) is 4.73. The molecule has 0 saturated heterocycles. The zero-order valence-electron chi connectivity index (χ0n) is 11.6. The van der Waals surface area contributed by atoms with Gasteiger partial charge in [0, 0.05) is 32.0 Å². The van der Waals surface area contributed by atoms with E-state index in [2.05, 4.69) is 0 Å². The number of alkyl halides is 13. The molecule has 0 atom stereocenters. The third-order valence-corrected chi connectivity index (χ3v) is 2.92. The van der Waals surface area contributed by atoms with Crippen molar-refractivity contribution in [1.29, 1.82) is 0 Å². The van der Waals surface area contributed by atoms with Crippen LogP contribution in [0.4, 0.5) is 57.1 Å². The summed E-state index contributed by atoms with van der Waals surface area (Å²) < 4.78 is 163. The molecule has 0 aliphatic heterocycles. The topological polar surface area (TPSA) is 50.7 Å². The maximum Gasteiger partial charge on any atom is 0.460 e. The number of nitrogens with zero attached hydrogens (tertiary/aromatic N) is 1. The first kappa shape index (κ1) is 26.2. The fourth-order valence-corrected chi connectivity index (χ4v) is 1.38. The van der Waals surface area contributed by atoms with Crippen molar-refractivity contribution in [2.75, 3.05) is 6.61 Å². The molecule has 0 aromatic heterocycles. The van der Waals surface area contributed by atoms with Gasteiger partial charge in [0.05, 0.1) is 0 Å². The van der Waals surface area contributed by atoms with Gasteiger partial charge in [-0.05, 0) is 0 Å². The predicted octanol–water partition coefficient (Wildman–Crippen LogP) is 4.41. The lowest BCUT2D eigenvalue weighted by atomic mass is 9.95. The Kier molecular flexibility index (Phi) is 7.69. The van der Waals surface area contributed by atoms with Crippen LogP contribution in [-0.4, -0.2) is 47.5 Å². The maximum atomic E-state index is 13.0. The van der Waals surface area contributed by atoms with E-state index in [1.165, 1.54) is 0 Å². The molecule has 0 aromatic rings. The monoisotopic (exact) mass is 406 g/mol. The highest BCUT2D eigenvalue weighted by molar-refractivity contribution is 5.01. The van der Waals surface area contributed by atoms with Gasteiger partial charge in [0.2, 0.25) is 0 Å². The van der Waals surface area contributed by atoms with E-state index in [4.69, 9.17) is 5.11 Å². The van der Waals surface area contributed by atoms with E-state index in [1.54, 1.807) is 0 Å². The standard InChI is InChI=1S/C10H9F13O.N/c11-5(12,6(13,14)3-4-24)1-2-7(15,16)8(17,18)9(19,20)10(21,22)23;/h24H,1-4H2;. The van der Waals surface area contributed by atoms with Gasteiger partial charge in [-0.1, -0.05) is 0 Å². The molecular formula is C10H9F13NO. The van der Waals surface area contributed by atoms with E-state index < -0.39 is 61.7 Å². The summed E-state index contributed by atoms with van der Waals surface area (Å²) in [6, 6.07) is 0. The summed E-state index contributed by atoms with van der Waals surface area (Å²) in [6.45, 7) is -1.55. The lowest BCUT2D eigenvalue weighted by Gasteiger charge is -2.35. The first-order valence-electron chi connectivity index (χ1n) is 5.83. The Labute approximate surface area is 131 Å². The Hall–Kier alpha value is -0.990. The van der Waals surface area contributed by atoms with Crippen LogP contribution in [0.1, 0.15) is 19.3 Å². The van der Waals surface area contributed by atoms with Gasteiger partial charge in [0.25, 0.3) is 0 Å². The maximum absolute atomic E-state index is 13.0. The average Bonchev–Trinajstić information content (AvgIpc) is 2.34. The normalized spacial score (nSPS) is 15.1. The zero-order valence-corrected chi connectivity index (χ0v) is 11.6. The third-order valence-electron chi connectivity index (χ3n) is 2.92. The van der Waals surface area contributed by atoms with Crippen molar-refractivity contribution < 1.29 is 62.2 Å². The van der Waals surface area contributed by atoms with E-state index in [9.17, 15) is 57.1 Å². The number of hydrogen-bond acceptors (Lipinski definition) is 1. The van der Waals surface area contributed by atoms with Crippen LogP contribution < -0.4 is 6.15 Å². The molecule has 0 aromatic carbocycles. The molecule has 25 heavy (non-hydrogen) atoms. The summed E-state index contributed by atoms with van der Waals surface area (Å²) in [4.78, 5) is 0. The second kappa shape index (κ2) is 7.32. The van der Waals surface area contributed by atoms with E-state index in [-0.39, 0.29) is 6.15 Å². The number of aliphatic hydroxyl groups is 1. The van der Waals surface area contributed by atoms with Crippen LogP contribution in [0.3, 0.4) is 0 Å². The van der Waals surface area contributed by atoms with Gasteiger partial charge in [-0.2, -0.15) is 57.1 Å². The molecule has 0 heterocycles. The highest BCUT2D eigenvalue weighted by Gasteiger charge is 2.81. The summed E-state index contributed by atoms with van der Waals surface area (Å²) in [5.74, 6) is -31.4. The Bertz CT molecular complexity index is 431. The molecule has 0 fully saturated rings. The van der Waals surface area contributed by atoms with Gasteiger partial charge in [-0.25, -0.2) is 0 Å². The van der Waals surface area contributed by atoms with E-state index in [1.807, 2.05) is 0 Å².